The van der Waals surface area contributed by atoms with Crippen LogP contribution in [0.3, 0.4) is 0 Å². The number of hydrogen-bond donors (Lipinski definition) is 2. The van der Waals surface area contributed by atoms with Gasteiger partial charge in [0.05, 0.1) is 0 Å². The third kappa shape index (κ3) is 4.35. The van der Waals surface area contributed by atoms with E-state index in [0.717, 1.165) is 5.56 Å². The molecule has 2 N–H and O–H groups in total. The van der Waals surface area contributed by atoms with Gasteiger partial charge in [0.25, 0.3) is 0 Å². The summed E-state index contributed by atoms with van der Waals surface area (Å²) in [4.78, 5) is 13.8. The van der Waals surface area contributed by atoms with Gasteiger partial charge in [-0.05, 0) is 0 Å². The number of carbonyl (C=O) groups is 1. The third-order valence-electron chi connectivity index (χ3n) is 1.99. The number of nitrogens with one attached hydrogen (secondary N) is 2. The monoisotopic (exact) mass is 231 g/mol. The SMILES string of the molecule is [N-]=[N+]=NCC(NC(=O)OB=N)c1ccccc1. The zero-order valence-electron chi connectivity index (χ0n) is 8.91. The van der Waals surface area contributed by atoms with Crippen molar-refractivity contribution in [1.29, 1.82) is 5.31 Å². The Balaban J connectivity index is 2.77. The molecule has 0 saturated carbocycles. The number of hydrogen-bond acceptors (Lipinski definition) is 4. The molecule has 8 heteroatoms. The van der Waals surface area contributed by atoms with Crippen LogP contribution in [-0.2, 0) is 4.65 Å². The summed E-state index contributed by atoms with van der Waals surface area (Å²) < 4.78 is 4.33. The third-order valence-corrected chi connectivity index (χ3v) is 1.99. The Morgan fingerprint density at radius 2 is 2.29 bits per heavy atom. The van der Waals surface area contributed by atoms with Crippen LogP contribution in [0, 0.1) is 5.31 Å². The van der Waals surface area contributed by atoms with Crippen molar-refractivity contribution in [2.24, 2.45) is 5.11 Å². The van der Waals surface area contributed by atoms with Crippen molar-refractivity contribution in [1.82, 2.24) is 5.32 Å². The Labute approximate surface area is 98.2 Å². The normalized spacial score (nSPS) is 10.6. The van der Waals surface area contributed by atoms with Gasteiger partial charge in [-0.3, -0.25) is 0 Å². The molecule has 0 saturated heterocycles. The molecule has 0 aliphatic carbocycles. The molecular formula is C9H10BN5O2. The van der Waals surface area contributed by atoms with Crippen molar-refractivity contribution >= 4 is 13.4 Å². The van der Waals surface area contributed by atoms with Crippen molar-refractivity contribution in [3.63, 3.8) is 0 Å². The van der Waals surface area contributed by atoms with E-state index in [1.165, 1.54) is 0 Å². The van der Waals surface area contributed by atoms with Gasteiger partial charge in [-0.15, -0.1) is 0 Å². The topological polar surface area (TPSA) is 111 Å². The summed E-state index contributed by atoms with van der Waals surface area (Å²) in [7, 11) is 0.533. The predicted octanol–water partition coefficient (Wildman–Crippen LogP) is 2.15. The zero-order chi connectivity index (χ0) is 12.5. The first kappa shape index (κ1) is 12.7. The number of benzene rings is 1. The van der Waals surface area contributed by atoms with Crippen molar-refractivity contribution in [3.05, 3.63) is 46.3 Å². The minimum absolute atomic E-state index is 0.0770. The van der Waals surface area contributed by atoms with Gasteiger partial charge < -0.3 is 0 Å². The van der Waals surface area contributed by atoms with Gasteiger partial charge in [0.2, 0.25) is 0 Å². The summed E-state index contributed by atoms with van der Waals surface area (Å²) in [5.74, 6) is 0. The van der Waals surface area contributed by atoms with Crippen molar-refractivity contribution < 1.29 is 9.45 Å². The van der Waals surface area contributed by atoms with E-state index < -0.39 is 12.1 Å². The minimum atomic E-state index is -0.762. The quantitative estimate of drug-likeness (QED) is 0.350. The Hall–Kier alpha value is -2.34. The van der Waals surface area contributed by atoms with Gasteiger partial charge in [-0.25, -0.2) is 0 Å². The Kier molecular flexibility index (Phi) is 5.26. The van der Waals surface area contributed by atoms with Crippen LogP contribution < -0.4 is 5.32 Å². The van der Waals surface area contributed by atoms with Crippen LogP contribution in [0.25, 0.3) is 10.4 Å². The van der Waals surface area contributed by atoms with E-state index in [9.17, 15) is 4.79 Å². The number of amides is 1. The van der Waals surface area contributed by atoms with E-state index in [1.54, 1.807) is 12.1 Å². The average molecular weight is 231 g/mol. The van der Waals surface area contributed by atoms with Gasteiger partial charge in [0.1, 0.15) is 0 Å². The van der Waals surface area contributed by atoms with Gasteiger partial charge in [-0.1, -0.05) is 0 Å². The summed E-state index contributed by atoms with van der Waals surface area (Å²) in [6, 6.07) is 8.57. The number of azide groups is 1. The number of nitrogens with zero attached hydrogens (tertiary/aromatic N) is 3. The molecule has 0 bridgehead atoms. The van der Waals surface area contributed by atoms with Crippen molar-refractivity contribution in [3.8, 4) is 0 Å². The van der Waals surface area contributed by atoms with E-state index >= 15 is 0 Å². The molecule has 0 aliphatic heterocycles. The van der Waals surface area contributed by atoms with Crippen LogP contribution in [0.1, 0.15) is 11.6 Å². The molecule has 0 spiro atoms. The van der Waals surface area contributed by atoms with E-state index in [1.807, 2.05) is 18.2 Å². The molecule has 0 heterocycles. The summed E-state index contributed by atoms with van der Waals surface area (Å²) in [5.41, 5.74) is 9.07. The second-order valence-corrected chi connectivity index (χ2v) is 3.04. The molecule has 1 rings (SSSR count). The second kappa shape index (κ2) is 7.02. The zero-order valence-corrected chi connectivity index (χ0v) is 8.91. The van der Waals surface area contributed by atoms with Crippen LogP contribution in [0.2, 0.25) is 0 Å². The van der Waals surface area contributed by atoms with Crippen LogP contribution >= 0.6 is 0 Å². The van der Waals surface area contributed by atoms with E-state index in [2.05, 4.69) is 20.0 Å². The standard InChI is InChI=1S/C9H10BN5O2/c11-10-17-9(16)14-8(6-13-15-12)7-4-2-1-3-5-7/h1-5,8,11H,6H2,(H,14,16). The first-order valence-corrected chi connectivity index (χ1v) is 4.80. The average Bonchev–Trinajstić information content (AvgIpc) is 2.36. The Bertz CT molecular complexity index is 432. The van der Waals surface area contributed by atoms with Crippen LogP contribution in [0.15, 0.2) is 35.4 Å². The maximum atomic E-state index is 11.2. The number of carbonyl (C=O) groups excluding carboxylic acids is 1. The molecule has 0 aromatic heterocycles. The molecule has 86 valence electrons. The summed E-state index contributed by atoms with van der Waals surface area (Å²) in [6.45, 7) is 0.0770. The molecule has 1 amide bonds. The molecule has 1 unspecified atom stereocenters. The van der Waals surface area contributed by atoms with Gasteiger partial charge in [0.15, 0.2) is 0 Å². The van der Waals surface area contributed by atoms with E-state index in [-0.39, 0.29) is 6.54 Å². The first-order valence-electron chi connectivity index (χ1n) is 4.80. The molecule has 0 radical (unpaired) electrons. The predicted molar refractivity (Wildman–Crippen MR) is 61.3 cm³/mol. The van der Waals surface area contributed by atoms with Gasteiger partial charge in [0, 0.05) is 0 Å². The fourth-order valence-corrected chi connectivity index (χ4v) is 1.27. The molecule has 7 nitrogen and oxygen atoms in total. The molecule has 17 heavy (non-hydrogen) atoms. The van der Waals surface area contributed by atoms with Crippen molar-refractivity contribution in [2.45, 2.75) is 6.04 Å². The van der Waals surface area contributed by atoms with Crippen LogP contribution in [0.4, 0.5) is 4.79 Å². The first-order chi connectivity index (χ1) is 8.27. The Morgan fingerprint density at radius 3 is 2.88 bits per heavy atom. The van der Waals surface area contributed by atoms with Crippen LogP contribution in [0.5, 0.6) is 0 Å². The molecule has 1 aromatic carbocycles. The van der Waals surface area contributed by atoms with Crippen LogP contribution in [-0.4, -0.2) is 19.9 Å². The molecule has 1 atom stereocenters. The maximum absolute atomic E-state index is 11.2. The van der Waals surface area contributed by atoms with E-state index in [0.29, 0.717) is 7.27 Å². The van der Waals surface area contributed by atoms with E-state index in [4.69, 9.17) is 10.8 Å². The summed E-state index contributed by atoms with van der Waals surface area (Å²) in [6.07, 6.45) is -0.762. The number of rotatable bonds is 5. The molecule has 0 fully saturated rings. The Morgan fingerprint density at radius 1 is 1.59 bits per heavy atom. The van der Waals surface area contributed by atoms with Gasteiger partial charge >= 0.3 is 97.5 Å². The summed E-state index contributed by atoms with van der Waals surface area (Å²) >= 11 is 0. The summed E-state index contributed by atoms with van der Waals surface area (Å²) in [5, 5.41) is 12.5. The van der Waals surface area contributed by atoms with Crippen molar-refractivity contribution in [2.75, 3.05) is 6.54 Å². The fourth-order valence-electron chi connectivity index (χ4n) is 1.27. The molecular weight excluding hydrogens is 221 g/mol. The molecule has 1 aromatic rings. The fraction of sp³-hybridized carbons (Fsp3) is 0.222. The van der Waals surface area contributed by atoms with Gasteiger partial charge in [-0.2, -0.15) is 0 Å². The molecule has 0 aliphatic rings. The second-order valence-electron chi connectivity index (χ2n) is 3.04.